The fourth-order valence-corrected chi connectivity index (χ4v) is 2.70. The van der Waals surface area contributed by atoms with Crippen molar-refractivity contribution in [1.29, 1.82) is 0 Å². The number of aryl methyl sites for hydroxylation is 1. The summed E-state index contributed by atoms with van der Waals surface area (Å²) in [6.07, 6.45) is 2.11. The lowest BCUT2D eigenvalue weighted by atomic mass is 9.98. The third kappa shape index (κ3) is 4.16. The molecular formula is C15H24ClFN2. The molecule has 1 heterocycles. The van der Waals surface area contributed by atoms with Crippen LogP contribution < -0.4 is 5.32 Å². The fraction of sp³-hybridized carbons (Fsp3) is 0.600. The summed E-state index contributed by atoms with van der Waals surface area (Å²) in [6.45, 7) is 8.14. The Bertz CT molecular complexity index is 392. The van der Waals surface area contributed by atoms with Crippen molar-refractivity contribution in [3.05, 3.63) is 35.1 Å². The van der Waals surface area contributed by atoms with E-state index in [0.29, 0.717) is 0 Å². The first-order chi connectivity index (χ1) is 8.72. The number of hydrogen-bond acceptors (Lipinski definition) is 2. The van der Waals surface area contributed by atoms with Crippen LogP contribution in [0.1, 0.15) is 36.9 Å². The lowest BCUT2D eigenvalue weighted by molar-refractivity contribution is 0.161. The molecule has 0 spiro atoms. The Hall–Kier alpha value is -0.640. The van der Waals surface area contributed by atoms with Crippen LogP contribution in [0.3, 0.4) is 0 Å². The van der Waals surface area contributed by atoms with Gasteiger partial charge in [-0.05, 0) is 25.0 Å². The summed E-state index contributed by atoms with van der Waals surface area (Å²) in [4.78, 5) is 2.41. The summed E-state index contributed by atoms with van der Waals surface area (Å²) in [7, 11) is 0. The van der Waals surface area contributed by atoms with Gasteiger partial charge in [-0.25, -0.2) is 4.39 Å². The van der Waals surface area contributed by atoms with E-state index in [1.165, 1.54) is 0 Å². The predicted octanol–water partition coefficient (Wildman–Crippen LogP) is 3.30. The summed E-state index contributed by atoms with van der Waals surface area (Å²) in [5.74, 6) is -0.0491. The Labute approximate surface area is 121 Å². The molecule has 108 valence electrons. The van der Waals surface area contributed by atoms with Crippen LogP contribution >= 0.6 is 12.4 Å². The van der Waals surface area contributed by atoms with Gasteiger partial charge >= 0.3 is 0 Å². The molecular weight excluding hydrogens is 263 g/mol. The lowest BCUT2D eigenvalue weighted by Gasteiger charge is -2.35. The van der Waals surface area contributed by atoms with Crippen molar-refractivity contribution in [2.75, 3.05) is 26.2 Å². The van der Waals surface area contributed by atoms with Crippen LogP contribution in [-0.2, 0) is 0 Å². The van der Waals surface area contributed by atoms with Gasteiger partial charge in [0.1, 0.15) is 5.82 Å². The van der Waals surface area contributed by atoms with Crippen LogP contribution in [0.4, 0.5) is 4.39 Å². The van der Waals surface area contributed by atoms with E-state index in [0.717, 1.165) is 50.1 Å². The first-order valence-corrected chi connectivity index (χ1v) is 6.93. The molecule has 1 aliphatic rings. The van der Waals surface area contributed by atoms with Crippen molar-refractivity contribution in [3.8, 4) is 0 Å². The molecule has 0 saturated carbocycles. The van der Waals surface area contributed by atoms with E-state index in [-0.39, 0.29) is 24.3 Å². The SMILES string of the molecule is CCC[C@@H](c1ccc(C)cc1F)N1CCNCC1.Cl. The monoisotopic (exact) mass is 286 g/mol. The largest absolute Gasteiger partial charge is 0.314 e. The highest BCUT2D eigenvalue weighted by atomic mass is 35.5. The van der Waals surface area contributed by atoms with Crippen molar-refractivity contribution in [2.45, 2.75) is 32.7 Å². The lowest BCUT2D eigenvalue weighted by Crippen LogP contribution is -2.45. The minimum Gasteiger partial charge on any atom is -0.314 e. The highest BCUT2D eigenvalue weighted by Gasteiger charge is 2.23. The first kappa shape index (κ1) is 16.4. The normalized spacial score (nSPS) is 17.8. The van der Waals surface area contributed by atoms with Crippen LogP contribution in [0.25, 0.3) is 0 Å². The minimum absolute atomic E-state index is 0. The van der Waals surface area contributed by atoms with Gasteiger partial charge in [-0.3, -0.25) is 4.90 Å². The number of nitrogens with one attached hydrogen (secondary N) is 1. The molecule has 0 aliphatic carbocycles. The number of hydrogen-bond donors (Lipinski definition) is 1. The van der Waals surface area contributed by atoms with E-state index in [1.54, 1.807) is 6.07 Å². The van der Waals surface area contributed by atoms with E-state index >= 15 is 0 Å². The molecule has 2 nitrogen and oxygen atoms in total. The van der Waals surface area contributed by atoms with Gasteiger partial charge in [0, 0.05) is 37.8 Å². The van der Waals surface area contributed by atoms with E-state index < -0.39 is 0 Å². The number of nitrogens with zero attached hydrogens (tertiary/aromatic N) is 1. The van der Waals surface area contributed by atoms with Crippen LogP contribution in [0.5, 0.6) is 0 Å². The summed E-state index contributed by atoms with van der Waals surface area (Å²) in [5.41, 5.74) is 1.86. The van der Waals surface area contributed by atoms with Crippen molar-refractivity contribution in [3.63, 3.8) is 0 Å². The minimum atomic E-state index is -0.0491. The van der Waals surface area contributed by atoms with Crippen LogP contribution in [0.15, 0.2) is 18.2 Å². The number of rotatable bonds is 4. The van der Waals surface area contributed by atoms with Crippen LogP contribution in [0.2, 0.25) is 0 Å². The van der Waals surface area contributed by atoms with Crippen molar-refractivity contribution in [2.24, 2.45) is 0 Å². The van der Waals surface area contributed by atoms with Gasteiger partial charge in [0.2, 0.25) is 0 Å². The molecule has 1 atom stereocenters. The Morgan fingerprint density at radius 2 is 2.00 bits per heavy atom. The van der Waals surface area contributed by atoms with E-state index in [2.05, 4.69) is 17.1 Å². The molecule has 0 aromatic heterocycles. The van der Waals surface area contributed by atoms with E-state index in [4.69, 9.17) is 0 Å². The zero-order chi connectivity index (χ0) is 13.0. The smallest absolute Gasteiger partial charge is 0.128 e. The molecule has 2 rings (SSSR count). The van der Waals surface area contributed by atoms with Gasteiger partial charge in [-0.1, -0.05) is 25.5 Å². The van der Waals surface area contributed by atoms with Gasteiger partial charge in [-0.2, -0.15) is 0 Å². The molecule has 0 radical (unpaired) electrons. The Morgan fingerprint density at radius 3 is 2.58 bits per heavy atom. The van der Waals surface area contributed by atoms with Gasteiger partial charge < -0.3 is 5.32 Å². The second kappa shape index (κ2) is 7.83. The first-order valence-electron chi connectivity index (χ1n) is 6.93. The average Bonchev–Trinajstić information content (AvgIpc) is 2.38. The predicted molar refractivity (Wildman–Crippen MR) is 80.5 cm³/mol. The number of halogens is 2. The van der Waals surface area contributed by atoms with Crippen LogP contribution in [-0.4, -0.2) is 31.1 Å². The molecule has 0 unspecified atom stereocenters. The third-order valence-corrected chi connectivity index (χ3v) is 3.67. The maximum absolute atomic E-state index is 14.1. The molecule has 1 aromatic carbocycles. The molecule has 4 heteroatoms. The summed E-state index contributed by atoms with van der Waals surface area (Å²) < 4.78 is 14.1. The van der Waals surface area contributed by atoms with E-state index in [1.807, 2.05) is 19.1 Å². The average molecular weight is 287 g/mol. The maximum atomic E-state index is 14.1. The van der Waals surface area contributed by atoms with Gasteiger partial charge in [0.15, 0.2) is 0 Å². The van der Waals surface area contributed by atoms with Crippen LogP contribution in [0, 0.1) is 12.7 Å². The van der Waals surface area contributed by atoms with Gasteiger partial charge in [-0.15, -0.1) is 12.4 Å². The van der Waals surface area contributed by atoms with Crippen molar-refractivity contribution in [1.82, 2.24) is 10.2 Å². The molecule has 19 heavy (non-hydrogen) atoms. The fourth-order valence-electron chi connectivity index (χ4n) is 2.70. The summed E-state index contributed by atoms with van der Waals surface area (Å²) in [5, 5.41) is 3.35. The van der Waals surface area contributed by atoms with Crippen molar-refractivity contribution < 1.29 is 4.39 Å². The topological polar surface area (TPSA) is 15.3 Å². The third-order valence-electron chi connectivity index (χ3n) is 3.67. The van der Waals surface area contributed by atoms with Crippen molar-refractivity contribution >= 4 is 12.4 Å². The molecule has 1 saturated heterocycles. The second-order valence-corrected chi connectivity index (χ2v) is 5.12. The molecule has 1 fully saturated rings. The second-order valence-electron chi connectivity index (χ2n) is 5.12. The number of benzene rings is 1. The quantitative estimate of drug-likeness (QED) is 0.914. The summed E-state index contributed by atoms with van der Waals surface area (Å²) >= 11 is 0. The number of piperazine rings is 1. The molecule has 1 N–H and O–H groups in total. The molecule has 0 bridgehead atoms. The zero-order valence-electron chi connectivity index (χ0n) is 11.8. The van der Waals surface area contributed by atoms with Gasteiger partial charge in [0.25, 0.3) is 0 Å². The standard InChI is InChI=1S/C15H23FN2.ClH/c1-3-4-15(18-9-7-17-8-10-18)13-6-5-12(2)11-14(13)16;/h5-6,11,15,17H,3-4,7-10H2,1-2H3;1H/t15-;/m0./s1. The summed E-state index contributed by atoms with van der Waals surface area (Å²) in [6, 6.07) is 5.87. The van der Waals surface area contributed by atoms with Gasteiger partial charge in [0.05, 0.1) is 0 Å². The Balaban J connectivity index is 0.00000180. The van der Waals surface area contributed by atoms with E-state index in [9.17, 15) is 4.39 Å². The highest BCUT2D eigenvalue weighted by molar-refractivity contribution is 5.85. The highest BCUT2D eigenvalue weighted by Crippen LogP contribution is 2.28. The zero-order valence-corrected chi connectivity index (χ0v) is 12.6. The maximum Gasteiger partial charge on any atom is 0.128 e. The Kier molecular flexibility index (Phi) is 6.76. The molecule has 1 aromatic rings. The molecule has 1 aliphatic heterocycles. The Morgan fingerprint density at radius 1 is 1.32 bits per heavy atom. The molecule has 0 amide bonds.